The molecule has 3 N–H and O–H groups in total. The molecule has 172 valence electrons. The Balaban J connectivity index is 2.30. The third-order valence-corrected chi connectivity index (χ3v) is 6.48. The van der Waals surface area contributed by atoms with Crippen molar-refractivity contribution >= 4 is 22.0 Å². The van der Waals surface area contributed by atoms with Crippen molar-refractivity contribution in [3.05, 3.63) is 29.8 Å². The van der Waals surface area contributed by atoms with Gasteiger partial charge in [0.05, 0.1) is 18.0 Å². The molecule has 0 spiro atoms. The summed E-state index contributed by atoms with van der Waals surface area (Å²) in [6.45, 7) is 5.07. The van der Waals surface area contributed by atoms with Crippen LogP contribution >= 0.6 is 10.2 Å². The van der Waals surface area contributed by atoms with Gasteiger partial charge in [0.15, 0.2) is 0 Å². The summed E-state index contributed by atoms with van der Waals surface area (Å²) in [5, 5.41) is 8.42. The van der Waals surface area contributed by atoms with Gasteiger partial charge in [0.25, 0.3) is 0 Å². The highest BCUT2D eigenvalue weighted by Gasteiger charge is 2.65. The number of hydrogen-bond donors (Lipinski definition) is 3. The molecule has 1 aliphatic rings. The first-order valence-electron chi connectivity index (χ1n) is 9.22. The van der Waals surface area contributed by atoms with Crippen LogP contribution in [0, 0.1) is 5.92 Å². The highest BCUT2D eigenvalue weighted by molar-refractivity contribution is 8.45. The van der Waals surface area contributed by atoms with Crippen LogP contribution in [0.1, 0.15) is 32.8 Å². The Morgan fingerprint density at radius 2 is 1.70 bits per heavy atom. The number of nitrogens with zero attached hydrogens (tertiary/aromatic N) is 1. The van der Waals surface area contributed by atoms with E-state index in [0.29, 0.717) is 12.1 Å². The van der Waals surface area contributed by atoms with Crippen molar-refractivity contribution in [1.29, 1.82) is 0 Å². The van der Waals surface area contributed by atoms with Gasteiger partial charge < -0.3 is 10.6 Å². The molecule has 6 nitrogen and oxygen atoms in total. The number of carbonyl (C=O) groups excluding carboxylic acids is 2. The molecular formula is C18H27F5N4O2S. The number of hydrogen-bond acceptors (Lipinski definition) is 4. The molecule has 1 saturated heterocycles. The van der Waals surface area contributed by atoms with Crippen LogP contribution in [-0.2, 0) is 15.1 Å². The fourth-order valence-electron chi connectivity index (χ4n) is 3.09. The van der Waals surface area contributed by atoms with Crippen LogP contribution in [0.5, 0.6) is 0 Å². The van der Waals surface area contributed by atoms with Crippen LogP contribution in [0.3, 0.4) is 0 Å². The van der Waals surface area contributed by atoms with Crippen LogP contribution in [0.15, 0.2) is 29.2 Å². The lowest BCUT2D eigenvalue weighted by molar-refractivity contribution is -0.135. The zero-order valence-corrected chi connectivity index (χ0v) is 18.1. The maximum atomic E-state index is 13.0. The van der Waals surface area contributed by atoms with Gasteiger partial charge in [-0.2, -0.15) is 0 Å². The van der Waals surface area contributed by atoms with Crippen molar-refractivity contribution in [1.82, 2.24) is 20.9 Å². The molecule has 2 amide bonds. The summed E-state index contributed by atoms with van der Waals surface area (Å²) in [6, 6.07) is 1.68. The normalized spacial score (nSPS) is 24.6. The largest absolute Gasteiger partial charge is 0.345 e. The number of rotatable bonds is 6. The van der Waals surface area contributed by atoms with Gasteiger partial charge in [-0.05, 0) is 44.6 Å². The molecule has 0 aromatic heterocycles. The van der Waals surface area contributed by atoms with Crippen LogP contribution in [0.4, 0.5) is 19.4 Å². The second-order valence-corrected chi connectivity index (χ2v) is 10.6. The zero-order valence-electron chi connectivity index (χ0n) is 17.3. The summed E-state index contributed by atoms with van der Waals surface area (Å²) in [5.74, 6) is -1.15. The van der Waals surface area contributed by atoms with Gasteiger partial charge in [-0.1, -0.05) is 45.4 Å². The molecule has 2 rings (SSSR count). The van der Waals surface area contributed by atoms with E-state index in [9.17, 15) is 29.0 Å². The highest BCUT2D eigenvalue weighted by atomic mass is 32.5. The summed E-state index contributed by atoms with van der Waals surface area (Å²) in [4.78, 5) is 24.5. The average Bonchev–Trinajstić information content (AvgIpc) is 2.59. The molecule has 1 aromatic carbocycles. The number of nitrogens with one attached hydrogen (secondary N) is 3. The fourth-order valence-corrected chi connectivity index (χ4v) is 3.74. The van der Waals surface area contributed by atoms with Gasteiger partial charge >= 0.3 is 10.2 Å². The maximum Gasteiger partial charge on any atom is 0.310 e. The summed E-state index contributed by atoms with van der Waals surface area (Å²) < 4.78 is 65.0. The van der Waals surface area contributed by atoms with Crippen molar-refractivity contribution < 1.29 is 29.0 Å². The smallest absolute Gasteiger partial charge is 0.310 e. The lowest BCUT2D eigenvalue weighted by Crippen LogP contribution is -2.66. The first-order valence-corrected chi connectivity index (χ1v) is 11.2. The molecule has 1 aromatic rings. The molecule has 3 atom stereocenters. The lowest BCUT2D eigenvalue weighted by Gasteiger charge is -2.42. The lowest BCUT2D eigenvalue weighted by atomic mass is 9.81. The van der Waals surface area contributed by atoms with Crippen molar-refractivity contribution in [2.45, 2.75) is 50.0 Å². The molecule has 1 aliphatic heterocycles. The summed E-state index contributed by atoms with van der Waals surface area (Å²) >= 11 is 0. The first-order chi connectivity index (χ1) is 13.3. The standard InChI is InChI=1S/C18H27F5N4O2S/c1-11(2)18(3,12-6-8-13(9-7-12)30(19,20,21,22)23)26-16(29)14-10-15(28)25-17(24-14)27(4)5/h6-9,11,14,17,24H,10H2,1-5H3,(H,25,28)(H,26,29). The number of amides is 2. The van der Waals surface area contributed by atoms with E-state index in [0.717, 1.165) is 12.1 Å². The topological polar surface area (TPSA) is 73.5 Å². The SMILES string of the molecule is CC(C)C(C)(NC(=O)C1CC(=O)NC(N(C)C)N1)c1ccc(S(F)(F)(F)(F)F)cc1. The second-order valence-electron chi connectivity index (χ2n) is 8.20. The molecule has 30 heavy (non-hydrogen) atoms. The number of carbonyl (C=O) groups is 2. The molecular weight excluding hydrogens is 431 g/mol. The molecule has 0 saturated carbocycles. The summed E-state index contributed by atoms with van der Waals surface area (Å²) in [6.07, 6.45) is -0.683. The van der Waals surface area contributed by atoms with Gasteiger partial charge in [0.2, 0.25) is 11.8 Å². The van der Waals surface area contributed by atoms with E-state index in [1.54, 1.807) is 39.8 Å². The Kier molecular flexibility index (Phi) is 5.73. The van der Waals surface area contributed by atoms with Crippen molar-refractivity contribution in [3.8, 4) is 0 Å². The highest BCUT2D eigenvalue weighted by Crippen LogP contribution is 3.02. The Morgan fingerprint density at radius 3 is 2.13 bits per heavy atom. The average molecular weight is 458 g/mol. The Labute approximate surface area is 172 Å². The predicted molar refractivity (Wildman–Crippen MR) is 105 cm³/mol. The molecule has 0 radical (unpaired) electrons. The van der Waals surface area contributed by atoms with E-state index in [4.69, 9.17) is 0 Å². The van der Waals surface area contributed by atoms with Gasteiger partial charge in [-0.25, -0.2) is 0 Å². The Morgan fingerprint density at radius 1 is 1.17 bits per heavy atom. The summed E-state index contributed by atoms with van der Waals surface area (Å²) in [7, 11) is -6.38. The van der Waals surface area contributed by atoms with Crippen molar-refractivity contribution in [3.63, 3.8) is 0 Å². The van der Waals surface area contributed by atoms with E-state index in [1.807, 2.05) is 0 Å². The quantitative estimate of drug-likeness (QED) is 0.569. The minimum absolute atomic E-state index is 0.118. The fraction of sp³-hybridized carbons (Fsp3) is 0.556. The van der Waals surface area contributed by atoms with E-state index < -0.39 is 38.9 Å². The Bertz CT molecular complexity index is 830. The molecule has 1 fully saturated rings. The molecule has 0 bridgehead atoms. The van der Waals surface area contributed by atoms with Crippen LogP contribution < -0.4 is 16.0 Å². The Hall–Kier alpha value is -1.92. The molecule has 1 heterocycles. The monoisotopic (exact) mass is 458 g/mol. The van der Waals surface area contributed by atoms with Gasteiger partial charge in [-0.3, -0.25) is 19.8 Å². The van der Waals surface area contributed by atoms with Crippen LogP contribution in [-0.4, -0.2) is 43.1 Å². The first kappa shape index (κ1) is 24.4. The molecule has 0 aliphatic carbocycles. The third kappa shape index (κ3) is 5.41. The van der Waals surface area contributed by atoms with Crippen molar-refractivity contribution in [2.75, 3.05) is 14.1 Å². The van der Waals surface area contributed by atoms with E-state index in [1.165, 1.54) is 0 Å². The van der Waals surface area contributed by atoms with Gasteiger partial charge in [-0.15, -0.1) is 0 Å². The van der Waals surface area contributed by atoms with E-state index in [2.05, 4.69) is 16.0 Å². The van der Waals surface area contributed by atoms with Crippen molar-refractivity contribution in [2.24, 2.45) is 5.92 Å². The number of benzene rings is 1. The third-order valence-electron chi connectivity index (χ3n) is 5.32. The number of halogens is 5. The van der Waals surface area contributed by atoms with E-state index >= 15 is 0 Å². The maximum absolute atomic E-state index is 13.0. The van der Waals surface area contributed by atoms with E-state index in [-0.39, 0.29) is 23.8 Å². The van der Waals surface area contributed by atoms with Gasteiger partial charge in [0, 0.05) is 0 Å². The van der Waals surface area contributed by atoms with Gasteiger partial charge in [0.1, 0.15) is 11.2 Å². The zero-order chi connectivity index (χ0) is 23.2. The van der Waals surface area contributed by atoms with Crippen LogP contribution in [0.2, 0.25) is 0 Å². The minimum atomic E-state index is -9.79. The molecule has 3 unspecified atom stereocenters. The minimum Gasteiger partial charge on any atom is -0.345 e. The second kappa shape index (κ2) is 7.06. The summed E-state index contributed by atoms with van der Waals surface area (Å²) in [5.41, 5.74) is -0.919. The van der Waals surface area contributed by atoms with Crippen LogP contribution in [0.25, 0.3) is 0 Å². The predicted octanol–water partition coefficient (Wildman–Crippen LogP) is 3.65. The molecule has 12 heteroatoms.